The Morgan fingerprint density at radius 2 is 1.92 bits per heavy atom. The molecule has 0 spiro atoms. The highest BCUT2D eigenvalue weighted by Crippen LogP contribution is 2.19. The number of pyridine rings is 1. The largest absolute Gasteiger partial charge is 0.391 e. The first-order valence-electron chi connectivity index (χ1n) is 7.59. The van der Waals surface area contributed by atoms with Gasteiger partial charge in [-0.2, -0.15) is 0 Å². The third-order valence-corrected chi connectivity index (χ3v) is 3.52. The van der Waals surface area contributed by atoms with Crippen LogP contribution in [0.1, 0.15) is 16.1 Å². The summed E-state index contributed by atoms with van der Waals surface area (Å²) < 4.78 is 5.17. The predicted molar refractivity (Wildman–Crippen MR) is 88.2 cm³/mol. The lowest BCUT2D eigenvalue weighted by molar-refractivity contribution is 0.0907. The van der Waals surface area contributed by atoms with Crippen LogP contribution in [0.2, 0.25) is 0 Å². The Balaban J connectivity index is 1.55. The molecule has 0 saturated heterocycles. The first-order chi connectivity index (χ1) is 11.7. The molecule has 0 aliphatic carbocycles. The van der Waals surface area contributed by atoms with Crippen molar-refractivity contribution >= 4 is 5.91 Å². The number of hydrogen-bond acceptors (Lipinski definition) is 5. The number of aliphatic hydroxyl groups excluding tert-OH is 1. The predicted octanol–water partition coefficient (Wildman–Crippen LogP) is 2.07. The smallest absolute Gasteiger partial charge is 0.273 e. The van der Waals surface area contributed by atoms with E-state index in [0.29, 0.717) is 12.2 Å². The Labute approximate surface area is 139 Å². The molecule has 6 heteroatoms. The van der Waals surface area contributed by atoms with E-state index >= 15 is 0 Å². The second kappa shape index (κ2) is 7.52. The number of carbonyl (C=O) groups is 1. The molecule has 1 aromatic carbocycles. The minimum atomic E-state index is -0.664. The van der Waals surface area contributed by atoms with Gasteiger partial charge in [0.25, 0.3) is 5.91 Å². The number of aromatic nitrogens is 2. The van der Waals surface area contributed by atoms with E-state index in [1.165, 1.54) is 0 Å². The van der Waals surface area contributed by atoms with E-state index in [2.05, 4.69) is 15.5 Å². The summed E-state index contributed by atoms with van der Waals surface area (Å²) in [6.45, 7) is 0.144. The molecule has 0 aliphatic heterocycles. The van der Waals surface area contributed by atoms with Crippen molar-refractivity contribution in [2.45, 2.75) is 12.5 Å². The number of carbonyl (C=O) groups excluding carboxylic acids is 1. The SMILES string of the molecule is O=C(NCC(O)Cc1ccccc1)c1cc(-c2ccncc2)on1. The number of nitrogens with one attached hydrogen (secondary N) is 1. The fourth-order valence-electron chi connectivity index (χ4n) is 2.29. The van der Waals surface area contributed by atoms with Gasteiger partial charge in [-0.3, -0.25) is 9.78 Å². The van der Waals surface area contributed by atoms with Crippen molar-refractivity contribution in [1.29, 1.82) is 0 Å². The maximum atomic E-state index is 12.1. The van der Waals surface area contributed by atoms with E-state index < -0.39 is 6.10 Å². The van der Waals surface area contributed by atoms with Crippen LogP contribution in [-0.4, -0.2) is 33.8 Å². The summed E-state index contributed by atoms with van der Waals surface area (Å²) in [5.41, 5.74) is 1.98. The average molecular weight is 323 g/mol. The molecule has 1 unspecified atom stereocenters. The van der Waals surface area contributed by atoms with Crippen LogP contribution in [0.4, 0.5) is 0 Å². The third kappa shape index (κ3) is 4.05. The normalized spacial score (nSPS) is 11.9. The Morgan fingerprint density at radius 3 is 2.67 bits per heavy atom. The lowest BCUT2D eigenvalue weighted by atomic mass is 10.1. The van der Waals surface area contributed by atoms with Gasteiger partial charge in [0.2, 0.25) is 0 Å². The second-order valence-corrected chi connectivity index (χ2v) is 5.37. The van der Waals surface area contributed by atoms with Gasteiger partial charge in [-0.05, 0) is 17.7 Å². The number of rotatable bonds is 6. The van der Waals surface area contributed by atoms with Crippen molar-refractivity contribution in [2.75, 3.05) is 6.54 Å². The summed E-state index contributed by atoms with van der Waals surface area (Å²) in [6.07, 6.45) is 3.08. The van der Waals surface area contributed by atoms with Crippen LogP contribution in [0.5, 0.6) is 0 Å². The van der Waals surface area contributed by atoms with Gasteiger partial charge < -0.3 is 14.9 Å². The summed E-state index contributed by atoms with van der Waals surface area (Å²) in [6, 6.07) is 14.7. The molecule has 122 valence electrons. The van der Waals surface area contributed by atoms with E-state index in [4.69, 9.17) is 4.52 Å². The average Bonchev–Trinajstić information content (AvgIpc) is 3.11. The molecule has 0 aliphatic rings. The zero-order chi connectivity index (χ0) is 16.8. The van der Waals surface area contributed by atoms with E-state index in [9.17, 15) is 9.90 Å². The highest BCUT2D eigenvalue weighted by Gasteiger charge is 2.15. The first-order valence-corrected chi connectivity index (χ1v) is 7.59. The molecule has 0 radical (unpaired) electrons. The number of aliphatic hydroxyl groups is 1. The molecular formula is C18H17N3O3. The molecule has 6 nitrogen and oxygen atoms in total. The number of nitrogens with zero attached hydrogens (tertiary/aromatic N) is 2. The second-order valence-electron chi connectivity index (χ2n) is 5.37. The molecule has 1 atom stereocenters. The van der Waals surface area contributed by atoms with E-state index in [0.717, 1.165) is 11.1 Å². The minimum Gasteiger partial charge on any atom is -0.391 e. The van der Waals surface area contributed by atoms with Gasteiger partial charge >= 0.3 is 0 Å². The van der Waals surface area contributed by atoms with Crippen molar-refractivity contribution in [2.24, 2.45) is 0 Å². The molecule has 0 saturated carbocycles. The third-order valence-electron chi connectivity index (χ3n) is 3.52. The molecule has 2 N–H and O–H groups in total. The highest BCUT2D eigenvalue weighted by atomic mass is 16.5. The zero-order valence-electron chi connectivity index (χ0n) is 12.9. The van der Waals surface area contributed by atoms with Crippen LogP contribution in [0.3, 0.4) is 0 Å². The molecule has 2 heterocycles. The summed E-state index contributed by atoms with van der Waals surface area (Å²) in [7, 11) is 0. The summed E-state index contributed by atoms with van der Waals surface area (Å²) in [5.74, 6) is 0.110. The topological polar surface area (TPSA) is 88.2 Å². The van der Waals surface area contributed by atoms with Gasteiger partial charge in [0.15, 0.2) is 11.5 Å². The number of hydrogen-bond donors (Lipinski definition) is 2. The lowest BCUT2D eigenvalue weighted by Crippen LogP contribution is -2.33. The molecule has 2 aromatic heterocycles. The highest BCUT2D eigenvalue weighted by molar-refractivity contribution is 5.93. The molecule has 3 aromatic rings. The van der Waals surface area contributed by atoms with Crippen LogP contribution >= 0.6 is 0 Å². The van der Waals surface area contributed by atoms with Crippen LogP contribution < -0.4 is 5.32 Å². The molecule has 0 bridgehead atoms. The zero-order valence-corrected chi connectivity index (χ0v) is 12.9. The quantitative estimate of drug-likeness (QED) is 0.725. The number of benzene rings is 1. The van der Waals surface area contributed by atoms with E-state index in [1.807, 2.05) is 30.3 Å². The summed E-state index contributed by atoms with van der Waals surface area (Å²) >= 11 is 0. The van der Waals surface area contributed by atoms with Gasteiger partial charge in [0.05, 0.1) is 6.10 Å². The minimum absolute atomic E-state index is 0.144. The van der Waals surface area contributed by atoms with Crippen LogP contribution in [0, 0.1) is 0 Å². The van der Waals surface area contributed by atoms with E-state index in [1.54, 1.807) is 30.6 Å². The Bertz CT molecular complexity index is 788. The van der Waals surface area contributed by atoms with Gasteiger partial charge in [-0.1, -0.05) is 35.5 Å². The van der Waals surface area contributed by atoms with Crippen molar-refractivity contribution in [1.82, 2.24) is 15.5 Å². The van der Waals surface area contributed by atoms with Crippen LogP contribution in [0.15, 0.2) is 65.4 Å². The van der Waals surface area contributed by atoms with Crippen molar-refractivity contribution < 1.29 is 14.4 Å². The Kier molecular flexibility index (Phi) is 4.98. The maximum Gasteiger partial charge on any atom is 0.273 e. The van der Waals surface area contributed by atoms with Crippen molar-refractivity contribution in [3.05, 3.63) is 72.2 Å². The van der Waals surface area contributed by atoms with E-state index in [-0.39, 0.29) is 18.1 Å². The number of amides is 1. The summed E-state index contributed by atoms with van der Waals surface area (Å²) in [4.78, 5) is 16.0. The fraction of sp³-hybridized carbons (Fsp3) is 0.167. The summed E-state index contributed by atoms with van der Waals surface area (Å²) in [5, 5.41) is 16.4. The maximum absolute atomic E-state index is 12.1. The Hall–Kier alpha value is -2.99. The van der Waals surface area contributed by atoms with Gasteiger partial charge in [0, 0.05) is 37.0 Å². The van der Waals surface area contributed by atoms with Gasteiger partial charge in [0.1, 0.15) is 0 Å². The first kappa shape index (κ1) is 15.9. The van der Waals surface area contributed by atoms with Crippen molar-refractivity contribution in [3.8, 4) is 11.3 Å². The molecular weight excluding hydrogens is 306 g/mol. The van der Waals surface area contributed by atoms with Crippen LogP contribution in [0.25, 0.3) is 11.3 Å². The van der Waals surface area contributed by atoms with Gasteiger partial charge in [-0.15, -0.1) is 0 Å². The van der Waals surface area contributed by atoms with Crippen molar-refractivity contribution in [3.63, 3.8) is 0 Å². The molecule has 24 heavy (non-hydrogen) atoms. The molecule has 0 fully saturated rings. The molecule has 1 amide bonds. The monoisotopic (exact) mass is 323 g/mol. The van der Waals surface area contributed by atoms with Crippen LogP contribution in [-0.2, 0) is 6.42 Å². The van der Waals surface area contributed by atoms with Gasteiger partial charge in [-0.25, -0.2) is 0 Å². The Morgan fingerprint density at radius 1 is 1.17 bits per heavy atom. The standard InChI is InChI=1S/C18H17N3O3/c22-15(10-13-4-2-1-3-5-13)12-20-18(23)16-11-17(24-21-16)14-6-8-19-9-7-14/h1-9,11,15,22H,10,12H2,(H,20,23). The lowest BCUT2D eigenvalue weighted by Gasteiger charge is -2.11. The molecule has 3 rings (SSSR count). The fourth-order valence-corrected chi connectivity index (χ4v) is 2.29.